The fourth-order valence-corrected chi connectivity index (χ4v) is 8.94. The van der Waals surface area contributed by atoms with Gasteiger partial charge in [0.1, 0.15) is 70.1 Å². The van der Waals surface area contributed by atoms with Crippen LogP contribution in [-0.2, 0) is 6.42 Å². The summed E-state index contributed by atoms with van der Waals surface area (Å²) in [5.41, 5.74) is -1.10. The molecule has 3 heterocycles. The van der Waals surface area contributed by atoms with Crippen molar-refractivity contribution >= 4 is 0 Å². The number of benzene rings is 6. The molecule has 18 nitrogen and oxygen atoms in total. The first-order valence-corrected chi connectivity index (χ1v) is 19.3. The van der Waals surface area contributed by atoms with Crippen molar-refractivity contribution in [1.82, 2.24) is 0 Å². The lowest BCUT2D eigenvalue weighted by atomic mass is 9.73. The average Bonchev–Trinajstić information content (AvgIpc) is 3.22. The van der Waals surface area contributed by atoms with Crippen molar-refractivity contribution in [3.8, 4) is 86.2 Å². The molecule has 0 saturated heterocycles. The number of aromatic hydroxyl groups is 12. The Hall–Kier alpha value is -7.80. The van der Waals surface area contributed by atoms with Gasteiger partial charge in [0.05, 0.1) is 17.9 Å². The molecule has 0 aromatic heterocycles. The lowest BCUT2D eigenvalue weighted by Crippen LogP contribution is -2.39. The molecular formula is C45H38O18. The Balaban J connectivity index is 1.31. The Morgan fingerprint density at radius 3 is 1.29 bits per heavy atom. The van der Waals surface area contributed by atoms with Crippen LogP contribution < -0.4 is 14.2 Å². The number of fused-ring (bicyclic) bond motifs is 3. The predicted octanol–water partition coefficient (Wildman–Crippen LogP) is 4.44. The SMILES string of the molecule is Oc1cc(O)c2c(c1)O[C@H](c1ccc(O)c(O)c1)[C@H](O)C2c1c(O)cc(O)c2c1O[C@@H](c1ccc(O)c(O)c1)[C@H](O)C2c1c(O)cc(O)c2c1O[C@H](c1ccc(O)c(O)c1)[C@H](O)C2. The number of hydrogen-bond donors (Lipinski definition) is 15. The molecule has 15 N–H and O–H groups in total. The minimum absolute atomic E-state index is 0.0127. The smallest absolute Gasteiger partial charge is 0.157 e. The fourth-order valence-electron chi connectivity index (χ4n) is 8.94. The third kappa shape index (κ3) is 6.46. The van der Waals surface area contributed by atoms with Crippen LogP contribution >= 0.6 is 0 Å². The number of phenols is 12. The topological polar surface area (TPSA) is 331 Å². The van der Waals surface area contributed by atoms with E-state index in [9.17, 15) is 76.6 Å². The van der Waals surface area contributed by atoms with Gasteiger partial charge in [-0.3, -0.25) is 0 Å². The zero-order valence-corrected chi connectivity index (χ0v) is 32.3. The molecule has 0 bridgehead atoms. The van der Waals surface area contributed by atoms with E-state index in [1.54, 1.807) is 0 Å². The molecule has 3 aliphatic rings. The van der Waals surface area contributed by atoms with Crippen LogP contribution in [0, 0.1) is 0 Å². The Bertz CT molecular complexity index is 2840. The highest BCUT2D eigenvalue weighted by molar-refractivity contribution is 5.70. The van der Waals surface area contributed by atoms with Crippen LogP contribution in [0.1, 0.15) is 74.7 Å². The van der Waals surface area contributed by atoms with Gasteiger partial charge in [-0.1, -0.05) is 18.2 Å². The second-order valence-corrected chi connectivity index (χ2v) is 15.7. The quantitative estimate of drug-likeness (QED) is 0.106. The molecule has 0 spiro atoms. The maximum atomic E-state index is 12.5. The second-order valence-electron chi connectivity index (χ2n) is 15.7. The maximum Gasteiger partial charge on any atom is 0.157 e. The molecule has 18 heteroatoms. The van der Waals surface area contributed by atoms with Crippen LogP contribution in [0.4, 0.5) is 0 Å². The first-order chi connectivity index (χ1) is 29.9. The van der Waals surface area contributed by atoms with Crippen LogP contribution in [-0.4, -0.2) is 94.9 Å². The minimum atomic E-state index is -1.90. The lowest BCUT2D eigenvalue weighted by molar-refractivity contribution is -0.00562. The lowest BCUT2D eigenvalue weighted by Gasteiger charge is -2.43. The fraction of sp³-hybridized carbons (Fsp3) is 0.200. The molecule has 9 rings (SSSR count). The third-order valence-electron chi connectivity index (χ3n) is 11.8. The highest BCUT2D eigenvalue weighted by atomic mass is 16.5. The Morgan fingerprint density at radius 1 is 0.365 bits per heavy atom. The number of phenolic OH excluding ortho intramolecular Hbond substituents is 12. The molecule has 2 unspecified atom stereocenters. The number of aliphatic hydroxyl groups excluding tert-OH is 3. The first-order valence-electron chi connectivity index (χ1n) is 19.3. The first kappa shape index (κ1) is 40.6. The highest BCUT2D eigenvalue weighted by Crippen LogP contribution is 2.62. The van der Waals surface area contributed by atoms with E-state index in [-0.39, 0.29) is 62.4 Å². The van der Waals surface area contributed by atoms with Crippen molar-refractivity contribution in [3.63, 3.8) is 0 Å². The number of aliphatic hydroxyl groups is 3. The molecule has 3 aliphatic heterocycles. The number of ether oxygens (including phenoxy) is 3. The molecule has 0 fully saturated rings. The summed E-state index contributed by atoms with van der Waals surface area (Å²) in [6, 6.07) is 14.4. The van der Waals surface area contributed by atoms with Crippen LogP contribution in [0.3, 0.4) is 0 Å². The van der Waals surface area contributed by atoms with E-state index in [1.807, 2.05) is 0 Å². The highest BCUT2D eigenvalue weighted by Gasteiger charge is 2.51. The zero-order chi connectivity index (χ0) is 44.9. The van der Waals surface area contributed by atoms with E-state index in [2.05, 4.69) is 0 Å². The van der Waals surface area contributed by atoms with Gasteiger partial charge in [0, 0.05) is 58.5 Å². The molecule has 0 radical (unpaired) electrons. The molecule has 6 aromatic carbocycles. The Labute approximate surface area is 354 Å². The summed E-state index contributed by atoms with van der Waals surface area (Å²) in [4.78, 5) is 0. The standard InChI is InChI=1S/C45H38O18/c46-18-10-27(54)33-32(11-18)61-42(16-2-5-21(48)25(52)8-16)39(59)37(33)35-29(56)14-30(57)36-38(40(60)43(63-45(35)36)17-3-6-22(49)26(53)9-17)34-28(55)13-23(50)19-12-31(58)41(62-44(19)34)15-1-4-20(47)24(51)7-15/h1-11,13-14,31,37-43,46-60H,12H2/t31-,37?,38?,39-,40-,41-,42-,43+/m1/s1. The van der Waals surface area contributed by atoms with Crippen LogP contribution in [0.15, 0.2) is 78.9 Å². The molecule has 326 valence electrons. The van der Waals surface area contributed by atoms with Gasteiger partial charge in [0.2, 0.25) is 0 Å². The number of hydrogen-bond acceptors (Lipinski definition) is 18. The number of rotatable bonds is 5. The van der Waals surface area contributed by atoms with Gasteiger partial charge in [-0.25, -0.2) is 0 Å². The van der Waals surface area contributed by atoms with Crippen LogP contribution in [0.5, 0.6) is 86.2 Å². The molecule has 63 heavy (non-hydrogen) atoms. The van der Waals surface area contributed by atoms with Gasteiger partial charge < -0.3 is 90.8 Å². The van der Waals surface area contributed by atoms with E-state index in [4.69, 9.17) is 14.2 Å². The summed E-state index contributed by atoms with van der Waals surface area (Å²) in [7, 11) is 0. The normalized spacial score (nSPS) is 23.6. The molecule has 0 saturated carbocycles. The van der Waals surface area contributed by atoms with Gasteiger partial charge >= 0.3 is 0 Å². The van der Waals surface area contributed by atoms with Gasteiger partial charge in [0.15, 0.2) is 46.7 Å². The zero-order valence-electron chi connectivity index (χ0n) is 32.3. The van der Waals surface area contributed by atoms with Gasteiger partial charge in [-0.15, -0.1) is 0 Å². The van der Waals surface area contributed by atoms with E-state index in [0.717, 1.165) is 60.7 Å². The summed E-state index contributed by atoms with van der Waals surface area (Å²) in [6.45, 7) is 0. The second kappa shape index (κ2) is 14.7. The molecule has 6 aromatic rings. The van der Waals surface area contributed by atoms with Crippen molar-refractivity contribution < 1.29 is 90.8 Å². The Kier molecular flexibility index (Phi) is 9.46. The van der Waals surface area contributed by atoms with Crippen molar-refractivity contribution in [2.24, 2.45) is 0 Å². The van der Waals surface area contributed by atoms with Crippen molar-refractivity contribution in [3.05, 3.63) is 123 Å². The molecule has 0 aliphatic carbocycles. The van der Waals surface area contributed by atoms with E-state index in [1.165, 1.54) is 18.2 Å². The summed E-state index contributed by atoms with van der Waals surface area (Å²) >= 11 is 0. The summed E-state index contributed by atoms with van der Waals surface area (Å²) < 4.78 is 18.9. The molecular weight excluding hydrogens is 828 g/mol. The summed E-state index contributed by atoms with van der Waals surface area (Å²) in [6.07, 6.45) is -9.93. The van der Waals surface area contributed by atoms with Gasteiger partial charge in [-0.05, 0) is 53.1 Å². The maximum absolute atomic E-state index is 12.5. The Morgan fingerprint density at radius 2 is 0.778 bits per heavy atom. The van der Waals surface area contributed by atoms with Crippen LogP contribution in [0.2, 0.25) is 0 Å². The van der Waals surface area contributed by atoms with Crippen molar-refractivity contribution in [2.75, 3.05) is 0 Å². The monoisotopic (exact) mass is 866 g/mol. The van der Waals surface area contributed by atoms with Gasteiger partial charge in [-0.2, -0.15) is 0 Å². The average molecular weight is 867 g/mol. The molecule has 0 amide bonds. The van der Waals surface area contributed by atoms with Crippen molar-refractivity contribution in [1.29, 1.82) is 0 Å². The largest absolute Gasteiger partial charge is 0.508 e. The molecule has 8 atom stereocenters. The predicted molar refractivity (Wildman–Crippen MR) is 214 cm³/mol. The van der Waals surface area contributed by atoms with E-state index >= 15 is 0 Å². The minimum Gasteiger partial charge on any atom is -0.508 e. The van der Waals surface area contributed by atoms with Gasteiger partial charge in [0.25, 0.3) is 0 Å². The summed E-state index contributed by atoms with van der Waals surface area (Å²) in [5, 5.41) is 166. The van der Waals surface area contributed by atoms with Crippen LogP contribution in [0.25, 0.3) is 0 Å². The van der Waals surface area contributed by atoms with E-state index in [0.29, 0.717) is 0 Å². The summed E-state index contributed by atoms with van der Waals surface area (Å²) in [5.74, 6) is -11.5. The van der Waals surface area contributed by atoms with Crippen molar-refractivity contribution in [2.45, 2.75) is 54.9 Å². The van der Waals surface area contributed by atoms with E-state index < -0.39 is 123 Å². The third-order valence-corrected chi connectivity index (χ3v) is 11.8.